The first-order chi connectivity index (χ1) is 9.09. The Hall–Kier alpha value is -1.91. The van der Waals surface area contributed by atoms with Gasteiger partial charge in [-0.1, -0.05) is 0 Å². The molecule has 3 aliphatic rings. The average Bonchev–Trinajstić information content (AvgIpc) is 2.83. The molecule has 0 radical (unpaired) electrons. The van der Waals surface area contributed by atoms with Gasteiger partial charge in [-0.3, -0.25) is 9.79 Å². The van der Waals surface area contributed by atoms with Gasteiger partial charge >= 0.3 is 5.97 Å². The quantitative estimate of drug-likeness (QED) is 0.774. The van der Waals surface area contributed by atoms with E-state index in [4.69, 9.17) is 4.74 Å². The van der Waals surface area contributed by atoms with Crippen LogP contribution in [0.2, 0.25) is 0 Å². The molecule has 5 nitrogen and oxygen atoms in total. The summed E-state index contributed by atoms with van der Waals surface area (Å²) in [4.78, 5) is 31.8. The molecule has 0 bridgehead atoms. The number of nitrogens with zero attached hydrogens (tertiary/aromatic N) is 1. The van der Waals surface area contributed by atoms with Crippen LogP contribution in [0, 0.1) is 12.8 Å². The molecule has 19 heavy (non-hydrogen) atoms. The topological polar surface area (TPSA) is 71.5 Å². The Labute approximate surface area is 110 Å². The number of Topliss-reactive ketones (excluding diaryl/α,β-unsaturated/α-hetero) is 1. The highest BCUT2D eigenvalue weighted by Gasteiger charge is 2.66. The van der Waals surface area contributed by atoms with Crippen molar-refractivity contribution in [1.82, 2.24) is 4.98 Å². The summed E-state index contributed by atoms with van der Waals surface area (Å²) >= 11 is 0. The van der Waals surface area contributed by atoms with E-state index in [1.165, 1.54) is 7.11 Å². The molecule has 4 rings (SSSR count). The van der Waals surface area contributed by atoms with Crippen LogP contribution in [-0.2, 0) is 10.2 Å². The lowest BCUT2D eigenvalue weighted by atomic mass is 9.78. The highest BCUT2D eigenvalue weighted by atomic mass is 16.5. The summed E-state index contributed by atoms with van der Waals surface area (Å²) in [6, 6.07) is 0. The van der Waals surface area contributed by atoms with Gasteiger partial charge in [0, 0.05) is 28.9 Å². The molecule has 0 saturated heterocycles. The molecule has 1 fully saturated rings. The van der Waals surface area contributed by atoms with Crippen LogP contribution < -0.4 is 0 Å². The van der Waals surface area contributed by atoms with Crippen LogP contribution in [0.3, 0.4) is 0 Å². The molecular formula is C14H14N2O3. The van der Waals surface area contributed by atoms with Gasteiger partial charge in [0.2, 0.25) is 0 Å². The number of nitrogens with one attached hydrogen (secondary N) is 1. The fourth-order valence-electron chi connectivity index (χ4n) is 3.81. The minimum absolute atomic E-state index is 0.0326. The third-order valence-electron chi connectivity index (χ3n) is 4.75. The van der Waals surface area contributed by atoms with Crippen molar-refractivity contribution in [3.63, 3.8) is 0 Å². The Balaban J connectivity index is 2.02. The first-order valence-corrected chi connectivity index (χ1v) is 6.48. The molecule has 98 valence electrons. The molecule has 0 amide bonds. The Bertz CT molecular complexity index is 670. The van der Waals surface area contributed by atoms with Gasteiger partial charge in [-0.2, -0.15) is 0 Å². The number of ketones is 1. The molecule has 1 aromatic rings. The van der Waals surface area contributed by atoms with Crippen LogP contribution in [0.5, 0.6) is 0 Å². The first kappa shape index (κ1) is 11.0. The van der Waals surface area contributed by atoms with Crippen molar-refractivity contribution in [3.05, 3.63) is 22.5 Å². The number of aromatic amines is 1. The number of esters is 1. The third-order valence-corrected chi connectivity index (χ3v) is 4.75. The molecule has 2 atom stereocenters. The molecule has 1 spiro atoms. The van der Waals surface area contributed by atoms with E-state index < -0.39 is 0 Å². The number of ether oxygens (including phenoxy) is 1. The Morgan fingerprint density at radius 1 is 1.53 bits per heavy atom. The highest BCUT2D eigenvalue weighted by Crippen LogP contribution is 2.62. The minimum Gasteiger partial charge on any atom is -0.465 e. The second-order valence-electron chi connectivity index (χ2n) is 5.63. The van der Waals surface area contributed by atoms with Crippen LogP contribution >= 0.6 is 0 Å². The van der Waals surface area contributed by atoms with Crippen LogP contribution in [0.4, 0.5) is 0 Å². The first-order valence-electron chi connectivity index (χ1n) is 6.48. The summed E-state index contributed by atoms with van der Waals surface area (Å²) in [7, 11) is 1.37. The molecule has 1 aromatic heterocycles. The normalized spacial score (nSPS) is 30.3. The molecule has 2 aliphatic carbocycles. The predicted molar refractivity (Wildman–Crippen MR) is 67.9 cm³/mol. The SMILES string of the molecule is COC(=O)c1c(C)[nH]c2c1[C@@]13C[C@@H]1CN=C3CC2=O. The number of fused-ring (bicyclic) bond motifs is 1. The zero-order valence-corrected chi connectivity index (χ0v) is 10.9. The van der Waals surface area contributed by atoms with E-state index in [1.807, 2.05) is 6.92 Å². The maximum absolute atomic E-state index is 12.2. The molecule has 1 saturated carbocycles. The van der Waals surface area contributed by atoms with E-state index in [9.17, 15) is 9.59 Å². The van der Waals surface area contributed by atoms with Crippen molar-refractivity contribution in [1.29, 1.82) is 0 Å². The number of hydrogen-bond acceptors (Lipinski definition) is 4. The van der Waals surface area contributed by atoms with Gasteiger partial charge in [-0.25, -0.2) is 4.79 Å². The van der Waals surface area contributed by atoms with E-state index in [-0.39, 0.29) is 17.2 Å². The highest BCUT2D eigenvalue weighted by molar-refractivity contribution is 6.21. The minimum atomic E-state index is -0.365. The van der Waals surface area contributed by atoms with Gasteiger partial charge in [0.1, 0.15) is 0 Å². The molecule has 0 unspecified atom stereocenters. The number of methoxy groups -OCH3 is 1. The maximum Gasteiger partial charge on any atom is 0.340 e. The molecule has 1 N–H and O–H groups in total. The molecule has 2 heterocycles. The Morgan fingerprint density at radius 3 is 3.00 bits per heavy atom. The fourth-order valence-corrected chi connectivity index (χ4v) is 3.81. The number of H-pyrrole nitrogens is 1. The van der Waals surface area contributed by atoms with Gasteiger partial charge in [-0.15, -0.1) is 0 Å². The third kappa shape index (κ3) is 1.09. The number of carbonyl (C=O) groups excluding carboxylic acids is 2. The number of rotatable bonds is 1. The van der Waals surface area contributed by atoms with E-state index in [0.29, 0.717) is 23.6 Å². The van der Waals surface area contributed by atoms with E-state index in [2.05, 4.69) is 9.98 Å². The van der Waals surface area contributed by atoms with Gasteiger partial charge in [0.15, 0.2) is 5.78 Å². The van der Waals surface area contributed by atoms with E-state index in [0.717, 1.165) is 29.9 Å². The number of aryl methyl sites for hydroxylation is 1. The lowest BCUT2D eigenvalue weighted by molar-refractivity contribution is 0.0598. The summed E-state index contributed by atoms with van der Waals surface area (Å²) in [5.41, 5.74) is 3.55. The molecular weight excluding hydrogens is 244 g/mol. The molecule has 1 aliphatic heterocycles. The summed E-state index contributed by atoms with van der Waals surface area (Å²) in [5.74, 6) is 0.133. The van der Waals surface area contributed by atoms with Crippen molar-refractivity contribution in [2.75, 3.05) is 13.7 Å². The lowest BCUT2D eigenvalue weighted by Crippen LogP contribution is -2.31. The number of aromatic nitrogens is 1. The van der Waals surface area contributed by atoms with Crippen molar-refractivity contribution < 1.29 is 14.3 Å². The monoisotopic (exact) mass is 258 g/mol. The van der Waals surface area contributed by atoms with Crippen molar-refractivity contribution in [3.8, 4) is 0 Å². The summed E-state index contributed by atoms with van der Waals surface area (Å²) in [6.07, 6.45) is 1.40. The van der Waals surface area contributed by atoms with Crippen LogP contribution in [0.15, 0.2) is 4.99 Å². The molecule has 5 heteroatoms. The lowest BCUT2D eigenvalue weighted by Gasteiger charge is -2.23. The largest absolute Gasteiger partial charge is 0.465 e. The van der Waals surface area contributed by atoms with Crippen molar-refractivity contribution in [2.24, 2.45) is 10.9 Å². The smallest absolute Gasteiger partial charge is 0.340 e. The number of carbonyl (C=O) groups is 2. The van der Waals surface area contributed by atoms with Crippen LogP contribution in [0.1, 0.15) is 44.9 Å². The second-order valence-corrected chi connectivity index (χ2v) is 5.63. The van der Waals surface area contributed by atoms with Crippen LogP contribution in [-0.4, -0.2) is 36.1 Å². The van der Waals surface area contributed by atoms with Crippen molar-refractivity contribution >= 4 is 17.5 Å². The predicted octanol–water partition coefficient (Wildman–Crippen LogP) is 1.41. The standard InChI is InChI=1S/C14H14N2O3/c1-6-10(13(18)19-2)11-12(16-6)8(17)3-9-14(11)4-7(14)5-15-9/h7,16H,3-5H2,1-2H3/t7-,14+/m1/s1. The van der Waals surface area contributed by atoms with E-state index >= 15 is 0 Å². The van der Waals surface area contributed by atoms with Crippen molar-refractivity contribution in [2.45, 2.75) is 25.2 Å². The summed E-state index contributed by atoms with van der Waals surface area (Å²) < 4.78 is 4.88. The summed E-state index contributed by atoms with van der Waals surface area (Å²) in [6.45, 7) is 2.60. The zero-order valence-electron chi connectivity index (χ0n) is 10.9. The van der Waals surface area contributed by atoms with Gasteiger partial charge in [0.25, 0.3) is 0 Å². The number of aliphatic imine (C=N–C) groups is 1. The fraction of sp³-hybridized carbons (Fsp3) is 0.500. The number of hydrogen-bond donors (Lipinski definition) is 1. The van der Waals surface area contributed by atoms with Gasteiger partial charge in [-0.05, 0) is 19.3 Å². The zero-order chi connectivity index (χ0) is 13.4. The van der Waals surface area contributed by atoms with E-state index in [1.54, 1.807) is 0 Å². The van der Waals surface area contributed by atoms with Gasteiger partial charge in [0.05, 0.1) is 24.8 Å². The summed E-state index contributed by atoms with van der Waals surface area (Å²) in [5, 5.41) is 0. The molecule has 0 aromatic carbocycles. The van der Waals surface area contributed by atoms with Crippen LogP contribution in [0.25, 0.3) is 0 Å². The van der Waals surface area contributed by atoms with Gasteiger partial charge < -0.3 is 9.72 Å². The average molecular weight is 258 g/mol. The Kier molecular flexibility index (Phi) is 1.82. The maximum atomic E-state index is 12.2. The second kappa shape index (κ2) is 3.15. The Morgan fingerprint density at radius 2 is 2.32 bits per heavy atom.